The second-order valence-corrected chi connectivity index (χ2v) is 5.43. The minimum Gasteiger partial charge on any atom is -0.339 e. The second-order valence-electron chi connectivity index (χ2n) is 4.73. The normalized spacial score (nSPS) is 23.2. The van der Waals surface area contributed by atoms with Gasteiger partial charge in [0.1, 0.15) is 11.4 Å². The molecule has 1 N–H and O–H groups in total. The third kappa shape index (κ3) is 2.93. The molecule has 3 nitrogen and oxygen atoms in total. The Bertz CT molecular complexity index is 504. The summed E-state index contributed by atoms with van der Waals surface area (Å²) in [5.74, 6) is -0.466. The SMILES string of the molecule is O=C(CCl)NC1(c2cccc(Cl)c2)CCCCC1=O. The summed E-state index contributed by atoms with van der Waals surface area (Å²) < 4.78 is 0. The number of halogens is 2. The molecule has 1 unspecified atom stereocenters. The summed E-state index contributed by atoms with van der Waals surface area (Å²) in [6.45, 7) is 0. The van der Waals surface area contributed by atoms with Crippen LogP contribution in [-0.2, 0) is 15.1 Å². The van der Waals surface area contributed by atoms with E-state index in [-0.39, 0.29) is 17.6 Å². The first-order valence-electron chi connectivity index (χ1n) is 6.25. The fourth-order valence-corrected chi connectivity index (χ4v) is 2.82. The maximum Gasteiger partial charge on any atom is 0.235 e. The predicted octanol–water partition coefficient (Wildman–Crippen LogP) is 3.03. The van der Waals surface area contributed by atoms with Crippen molar-refractivity contribution >= 4 is 34.9 Å². The van der Waals surface area contributed by atoms with Gasteiger partial charge in [-0.1, -0.05) is 23.7 Å². The number of ketones is 1. The van der Waals surface area contributed by atoms with Crippen molar-refractivity contribution in [2.75, 3.05) is 5.88 Å². The molecule has 0 aromatic heterocycles. The zero-order valence-electron chi connectivity index (χ0n) is 10.4. The van der Waals surface area contributed by atoms with E-state index in [1.165, 1.54) is 0 Å². The Morgan fingerprint density at radius 1 is 1.37 bits per heavy atom. The molecule has 5 heteroatoms. The summed E-state index contributed by atoms with van der Waals surface area (Å²) in [6.07, 6.45) is 2.81. The third-order valence-electron chi connectivity index (χ3n) is 3.47. The largest absolute Gasteiger partial charge is 0.339 e. The molecule has 0 spiro atoms. The lowest BCUT2D eigenvalue weighted by atomic mass is 9.75. The van der Waals surface area contributed by atoms with Crippen LogP contribution in [0.25, 0.3) is 0 Å². The molecule has 102 valence electrons. The molecule has 1 fully saturated rings. The highest BCUT2D eigenvalue weighted by Crippen LogP contribution is 2.35. The number of alkyl halides is 1. The van der Waals surface area contributed by atoms with Gasteiger partial charge in [-0.15, -0.1) is 11.6 Å². The van der Waals surface area contributed by atoms with Gasteiger partial charge < -0.3 is 5.32 Å². The number of hydrogen-bond donors (Lipinski definition) is 1. The highest BCUT2D eigenvalue weighted by atomic mass is 35.5. The summed E-state index contributed by atoms with van der Waals surface area (Å²) in [5, 5.41) is 3.35. The number of benzene rings is 1. The summed E-state index contributed by atoms with van der Waals surface area (Å²) in [4.78, 5) is 24.0. The Balaban J connectivity index is 2.44. The van der Waals surface area contributed by atoms with Gasteiger partial charge in [0.25, 0.3) is 0 Å². The molecular weight excluding hydrogens is 285 g/mol. The fraction of sp³-hybridized carbons (Fsp3) is 0.429. The Morgan fingerprint density at radius 2 is 2.16 bits per heavy atom. The molecule has 0 radical (unpaired) electrons. The zero-order chi connectivity index (χ0) is 13.9. The number of carbonyl (C=O) groups excluding carboxylic acids is 2. The first-order chi connectivity index (χ1) is 9.08. The lowest BCUT2D eigenvalue weighted by molar-refractivity contribution is -0.133. The molecule has 2 rings (SSSR count). The van der Waals surface area contributed by atoms with E-state index in [1.54, 1.807) is 18.2 Å². The average molecular weight is 300 g/mol. The number of amides is 1. The van der Waals surface area contributed by atoms with Crippen molar-refractivity contribution in [3.05, 3.63) is 34.9 Å². The van der Waals surface area contributed by atoms with Crippen LogP contribution < -0.4 is 5.32 Å². The number of carbonyl (C=O) groups is 2. The Labute approximate surface area is 122 Å². The van der Waals surface area contributed by atoms with Crippen LogP contribution in [0.1, 0.15) is 31.2 Å². The van der Waals surface area contributed by atoms with Crippen LogP contribution in [-0.4, -0.2) is 17.6 Å². The molecule has 0 aliphatic heterocycles. The van der Waals surface area contributed by atoms with Gasteiger partial charge in [0.2, 0.25) is 5.91 Å². The number of rotatable bonds is 3. The van der Waals surface area contributed by atoms with E-state index >= 15 is 0 Å². The van der Waals surface area contributed by atoms with Crippen molar-refractivity contribution in [1.82, 2.24) is 5.32 Å². The quantitative estimate of drug-likeness (QED) is 0.872. The molecule has 19 heavy (non-hydrogen) atoms. The molecule has 1 aromatic carbocycles. The van der Waals surface area contributed by atoms with Gasteiger partial charge in [0.15, 0.2) is 5.78 Å². The Hall–Kier alpha value is -1.06. The van der Waals surface area contributed by atoms with Gasteiger partial charge in [0, 0.05) is 11.4 Å². The van der Waals surface area contributed by atoms with Crippen molar-refractivity contribution in [2.24, 2.45) is 0 Å². The van der Waals surface area contributed by atoms with E-state index in [2.05, 4.69) is 5.32 Å². The highest BCUT2D eigenvalue weighted by molar-refractivity contribution is 6.30. The molecule has 1 aliphatic rings. The van der Waals surface area contributed by atoms with Crippen molar-refractivity contribution in [3.8, 4) is 0 Å². The smallest absolute Gasteiger partial charge is 0.235 e. The van der Waals surface area contributed by atoms with Gasteiger partial charge in [-0.2, -0.15) is 0 Å². The molecule has 1 atom stereocenters. The van der Waals surface area contributed by atoms with Gasteiger partial charge in [-0.3, -0.25) is 9.59 Å². The average Bonchev–Trinajstić information content (AvgIpc) is 2.41. The fourth-order valence-electron chi connectivity index (χ4n) is 2.56. The molecule has 1 amide bonds. The van der Waals surface area contributed by atoms with E-state index in [4.69, 9.17) is 23.2 Å². The molecule has 1 aromatic rings. The Morgan fingerprint density at radius 3 is 2.79 bits per heavy atom. The molecule has 0 heterocycles. The lowest BCUT2D eigenvalue weighted by Crippen LogP contribution is -2.53. The van der Waals surface area contributed by atoms with E-state index in [9.17, 15) is 9.59 Å². The van der Waals surface area contributed by atoms with Gasteiger partial charge >= 0.3 is 0 Å². The van der Waals surface area contributed by atoms with Crippen molar-refractivity contribution in [2.45, 2.75) is 31.2 Å². The first kappa shape index (κ1) is 14.4. The summed E-state index contributed by atoms with van der Waals surface area (Å²) >= 11 is 11.5. The van der Waals surface area contributed by atoms with E-state index in [0.717, 1.165) is 18.4 Å². The monoisotopic (exact) mass is 299 g/mol. The summed E-state index contributed by atoms with van der Waals surface area (Å²) in [5.41, 5.74) is -0.224. The number of hydrogen-bond acceptors (Lipinski definition) is 2. The predicted molar refractivity (Wildman–Crippen MR) is 75.5 cm³/mol. The van der Waals surface area contributed by atoms with Gasteiger partial charge in [-0.25, -0.2) is 0 Å². The van der Waals surface area contributed by atoms with Gasteiger partial charge in [-0.05, 0) is 37.0 Å². The topological polar surface area (TPSA) is 46.2 Å². The third-order valence-corrected chi connectivity index (χ3v) is 3.95. The molecular formula is C14H15Cl2NO2. The number of Topliss-reactive ketones (excluding diaryl/α,β-unsaturated/α-hetero) is 1. The van der Waals surface area contributed by atoms with Crippen LogP contribution in [0.3, 0.4) is 0 Å². The molecule has 1 aliphatic carbocycles. The minimum atomic E-state index is -0.963. The van der Waals surface area contributed by atoms with Crippen LogP contribution in [0.4, 0.5) is 0 Å². The standard InChI is InChI=1S/C14H15Cl2NO2/c15-9-13(19)17-14(7-2-1-6-12(14)18)10-4-3-5-11(16)8-10/h3-5,8H,1-2,6-7,9H2,(H,17,19). The first-order valence-corrected chi connectivity index (χ1v) is 7.16. The minimum absolute atomic E-state index is 0.0273. The maximum absolute atomic E-state index is 12.4. The van der Waals surface area contributed by atoms with Crippen LogP contribution in [0.5, 0.6) is 0 Å². The van der Waals surface area contributed by atoms with Crippen molar-refractivity contribution < 1.29 is 9.59 Å². The lowest BCUT2D eigenvalue weighted by Gasteiger charge is -2.37. The maximum atomic E-state index is 12.4. The molecule has 0 saturated heterocycles. The van der Waals surface area contributed by atoms with E-state index in [1.807, 2.05) is 6.07 Å². The van der Waals surface area contributed by atoms with Crippen molar-refractivity contribution in [3.63, 3.8) is 0 Å². The van der Waals surface area contributed by atoms with Crippen LogP contribution >= 0.6 is 23.2 Å². The zero-order valence-corrected chi connectivity index (χ0v) is 11.9. The van der Waals surface area contributed by atoms with Crippen LogP contribution in [0, 0.1) is 0 Å². The number of nitrogens with one attached hydrogen (secondary N) is 1. The van der Waals surface area contributed by atoms with Crippen LogP contribution in [0.15, 0.2) is 24.3 Å². The Kier molecular flexibility index (Phi) is 4.48. The van der Waals surface area contributed by atoms with E-state index < -0.39 is 5.54 Å². The second kappa shape index (κ2) is 5.93. The summed E-state index contributed by atoms with van der Waals surface area (Å²) in [6, 6.07) is 7.09. The van der Waals surface area contributed by atoms with Crippen molar-refractivity contribution in [1.29, 1.82) is 0 Å². The molecule has 1 saturated carbocycles. The summed E-state index contributed by atoms with van der Waals surface area (Å²) in [7, 11) is 0. The highest BCUT2D eigenvalue weighted by Gasteiger charge is 2.42. The van der Waals surface area contributed by atoms with Crippen LogP contribution in [0.2, 0.25) is 5.02 Å². The van der Waals surface area contributed by atoms with E-state index in [0.29, 0.717) is 17.9 Å². The molecule has 0 bridgehead atoms. The van der Waals surface area contributed by atoms with Gasteiger partial charge in [0.05, 0.1) is 0 Å².